The van der Waals surface area contributed by atoms with Crippen LogP contribution in [0.4, 0.5) is 10.1 Å². The maximum Gasteiger partial charge on any atom is 0.256 e. The zero-order valence-electron chi connectivity index (χ0n) is 15.2. The molecule has 4 aromatic rings. The predicted molar refractivity (Wildman–Crippen MR) is 107 cm³/mol. The van der Waals surface area contributed by atoms with Crippen molar-refractivity contribution in [1.82, 2.24) is 9.97 Å². The van der Waals surface area contributed by atoms with Gasteiger partial charge in [-0.3, -0.25) is 9.59 Å². The molecule has 0 aliphatic carbocycles. The van der Waals surface area contributed by atoms with Crippen LogP contribution in [0.3, 0.4) is 0 Å². The van der Waals surface area contributed by atoms with E-state index in [0.29, 0.717) is 22.2 Å². The second-order valence-electron chi connectivity index (χ2n) is 6.43. The molecule has 6 nitrogen and oxygen atoms in total. The summed E-state index contributed by atoms with van der Waals surface area (Å²) in [6.07, 6.45) is 2.62. The second-order valence-corrected chi connectivity index (χ2v) is 6.43. The van der Waals surface area contributed by atoms with Gasteiger partial charge in [0.15, 0.2) is 12.1 Å². The Morgan fingerprint density at radius 3 is 2.66 bits per heavy atom. The minimum absolute atomic E-state index is 0.00891. The molecule has 29 heavy (non-hydrogen) atoms. The average molecular weight is 387 g/mol. The summed E-state index contributed by atoms with van der Waals surface area (Å²) in [4.78, 5) is 32.7. The number of nitrogens with zero attached hydrogens (tertiary/aromatic N) is 1. The molecule has 1 aromatic heterocycles. The van der Waals surface area contributed by atoms with E-state index >= 15 is 0 Å². The molecule has 0 unspecified atom stereocenters. The van der Waals surface area contributed by atoms with Gasteiger partial charge < -0.3 is 16.0 Å². The molecule has 7 heteroatoms. The SMILES string of the molecule is NCc1ccc(F)c(NC(=O)c2ccccc2C(=O)c2ccc3n[c][nH]c3c2)c1. The molecule has 0 aliphatic rings. The quantitative estimate of drug-likeness (QED) is 0.457. The van der Waals surface area contributed by atoms with Crippen LogP contribution < -0.4 is 11.1 Å². The lowest BCUT2D eigenvalue weighted by Crippen LogP contribution is -2.18. The van der Waals surface area contributed by atoms with Gasteiger partial charge in [-0.25, -0.2) is 9.37 Å². The Morgan fingerprint density at radius 2 is 1.86 bits per heavy atom. The number of halogens is 1. The van der Waals surface area contributed by atoms with Gasteiger partial charge in [0.05, 0.1) is 22.3 Å². The summed E-state index contributed by atoms with van der Waals surface area (Å²) >= 11 is 0. The number of carbonyl (C=O) groups is 2. The topological polar surface area (TPSA) is 101 Å². The number of benzene rings is 3. The lowest BCUT2D eigenvalue weighted by atomic mass is 9.97. The van der Waals surface area contributed by atoms with Crippen molar-refractivity contribution < 1.29 is 14.0 Å². The summed E-state index contributed by atoms with van der Waals surface area (Å²) in [5.41, 5.74) is 8.37. The van der Waals surface area contributed by atoms with Gasteiger partial charge >= 0.3 is 0 Å². The minimum atomic E-state index is -0.585. The molecule has 0 spiro atoms. The number of fused-ring (bicyclic) bond motifs is 1. The Hall–Kier alpha value is -3.84. The largest absolute Gasteiger partial charge is 0.335 e. The van der Waals surface area contributed by atoms with E-state index in [0.717, 1.165) is 0 Å². The highest BCUT2D eigenvalue weighted by Gasteiger charge is 2.19. The highest BCUT2D eigenvalue weighted by Crippen LogP contribution is 2.21. The van der Waals surface area contributed by atoms with Crippen LogP contribution in [0.5, 0.6) is 0 Å². The smallest absolute Gasteiger partial charge is 0.256 e. The van der Waals surface area contributed by atoms with Gasteiger partial charge in [0, 0.05) is 17.7 Å². The van der Waals surface area contributed by atoms with Crippen LogP contribution in [-0.2, 0) is 6.54 Å². The van der Waals surface area contributed by atoms with E-state index in [2.05, 4.69) is 21.6 Å². The fourth-order valence-electron chi connectivity index (χ4n) is 3.04. The van der Waals surface area contributed by atoms with Crippen molar-refractivity contribution in [3.8, 4) is 0 Å². The number of aromatic amines is 1. The van der Waals surface area contributed by atoms with Gasteiger partial charge in [0.1, 0.15) is 5.82 Å². The molecule has 3 aromatic carbocycles. The third kappa shape index (κ3) is 3.63. The van der Waals surface area contributed by atoms with Gasteiger partial charge in [-0.2, -0.15) is 0 Å². The predicted octanol–water partition coefficient (Wildman–Crippen LogP) is 3.44. The zero-order chi connectivity index (χ0) is 20.4. The van der Waals surface area contributed by atoms with Gasteiger partial charge in [0.25, 0.3) is 5.91 Å². The summed E-state index contributed by atoms with van der Waals surface area (Å²) in [6.45, 7) is 0.214. The number of nitrogens with two attached hydrogens (primary N) is 1. The molecule has 0 bridgehead atoms. The highest BCUT2D eigenvalue weighted by atomic mass is 19.1. The molecule has 1 amide bonds. The monoisotopic (exact) mass is 387 g/mol. The molecular formula is C22H16FN4O2. The lowest BCUT2D eigenvalue weighted by Gasteiger charge is -2.11. The van der Waals surface area contributed by atoms with Crippen molar-refractivity contribution in [3.05, 3.63) is 95.1 Å². The van der Waals surface area contributed by atoms with Crippen LogP contribution in [0.2, 0.25) is 0 Å². The van der Waals surface area contributed by atoms with Gasteiger partial charge in [-0.05, 0) is 42.0 Å². The third-order valence-electron chi connectivity index (χ3n) is 4.56. The van der Waals surface area contributed by atoms with Gasteiger partial charge in [-0.15, -0.1) is 0 Å². The van der Waals surface area contributed by atoms with Crippen LogP contribution in [0.25, 0.3) is 11.0 Å². The van der Waals surface area contributed by atoms with Crippen LogP contribution >= 0.6 is 0 Å². The van der Waals surface area contributed by atoms with E-state index in [4.69, 9.17) is 5.73 Å². The van der Waals surface area contributed by atoms with Crippen LogP contribution in [0, 0.1) is 12.1 Å². The normalized spacial score (nSPS) is 10.8. The molecule has 0 aliphatic heterocycles. The molecular weight excluding hydrogens is 371 g/mol. The minimum Gasteiger partial charge on any atom is -0.335 e. The number of aromatic nitrogens is 2. The maximum absolute atomic E-state index is 14.1. The van der Waals surface area contributed by atoms with Crippen molar-refractivity contribution >= 4 is 28.4 Å². The van der Waals surface area contributed by atoms with E-state index in [-0.39, 0.29) is 29.1 Å². The maximum atomic E-state index is 14.1. The number of H-pyrrole nitrogens is 1. The molecule has 0 saturated heterocycles. The molecule has 1 heterocycles. The lowest BCUT2D eigenvalue weighted by molar-refractivity contribution is 0.0996. The summed E-state index contributed by atoms with van der Waals surface area (Å²) < 4.78 is 14.1. The molecule has 1 radical (unpaired) electrons. The summed E-state index contributed by atoms with van der Waals surface area (Å²) in [5, 5.41) is 2.53. The summed E-state index contributed by atoms with van der Waals surface area (Å²) in [6, 6.07) is 15.7. The number of imidazole rings is 1. The first-order valence-electron chi connectivity index (χ1n) is 8.86. The third-order valence-corrected chi connectivity index (χ3v) is 4.56. The van der Waals surface area contributed by atoms with Crippen LogP contribution in [0.1, 0.15) is 31.8 Å². The van der Waals surface area contributed by atoms with E-state index in [9.17, 15) is 14.0 Å². The first-order chi connectivity index (χ1) is 14.1. The molecule has 4 N–H and O–H groups in total. The second kappa shape index (κ2) is 7.65. The Balaban J connectivity index is 1.67. The molecule has 0 saturated carbocycles. The number of ketones is 1. The van der Waals surface area contributed by atoms with E-state index in [1.54, 1.807) is 42.5 Å². The van der Waals surface area contributed by atoms with Crippen molar-refractivity contribution in [2.75, 3.05) is 5.32 Å². The summed E-state index contributed by atoms with van der Waals surface area (Å²) in [5.74, 6) is -1.50. The Labute approximate surface area is 165 Å². The number of nitrogens with one attached hydrogen (secondary N) is 2. The van der Waals surface area contributed by atoms with E-state index in [1.165, 1.54) is 18.2 Å². The summed E-state index contributed by atoms with van der Waals surface area (Å²) in [7, 11) is 0. The molecule has 0 fully saturated rings. The number of rotatable bonds is 5. The average Bonchev–Trinajstić information content (AvgIpc) is 3.22. The first-order valence-corrected chi connectivity index (χ1v) is 8.86. The Kier molecular flexibility index (Phi) is 4.88. The van der Waals surface area contributed by atoms with Crippen LogP contribution in [-0.4, -0.2) is 21.7 Å². The van der Waals surface area contributed by atoms with Gasteiger partial charge in [-0.1, -0.05) is 24.3 Å². The van der Waals surface area contributed by atoms with Crippen molar-refractivity contribution in [2.45, 2.75) is 6.54 Å². The van der Waals surface area contributed by atoms with Crippen molar-refractivity contribution in [2.24, 2.45) is 5.73 Å². The fourth-order valence-corrected chi connectivity index (χ4v) is 3.04. The molecule has 0 atom stereocenters. The fraction of sp³-hybridized carbons (Fsp3) is 0.0455. The first kappa shape index (κ1) is 18.5. The molecule has 143 valence electrons. The number of carbonyl (C=O) groups excluding carboxylic acids is 2. The number of hydrogen-bond acceptors (Lipinski definition) is 4. The standard InChI is InChI=1S/C22H16FN4O2/c23-17-7-5-13(11-24)9-19(17)27-22(29)16-4-2-1-3-15(16)21(28)14-6-8-18-20(10-14)26-12-25-18/h1-10H,11,24H2,(H,25,26)(H,27,29). The Morgan fingerprint density at radius 1 is 1.07 bits per heavy atom. The van der Waals surface area contributed by atoms with E-state index in [1.807, 2.05) is 0 Å². The van der Waals surface area contributed by atoms with E-state index < -0.39 is 11.7 Å². The number of amides is 1. The number of anilines is 1. The molecule has 4 rings (SSSR count). The number of hydrogen-bond donors (Lipinski definition) is 3. The van der Waals surface area contributed by atoms with Crippen molar-refractivity contribution in [3.63, 3.8) is 0 Å². The zero-order valence-corrected chi connectivity index (χ0v) is 15.2. The Bertz CT molecular complexity index is 1230. The highest BCUT2D eigenvalue weighted by molar-refractivity contribution is 6.18. The van der Waals surface area contributed by atoms with Crippen LogP contribution in [0.15, 0.2) is 60.7 Å². The van der Waals surface area contributed by atoms with Crippen molar-refractivity contribution in [1.29, 1.82) is 0 Å². The van der Waals surface area contributed by atoms with Gasteiger partial charge in [0.2, 0.25) is 0 Å².